The SMILES string of the molecule is CC(=O)N(CCCC(=NNC(N)=S)c1ccccc1)C(C)C. The summed E-state index contributed by atoms with van der Waals surface area (Å²) in [5.74, 6) is 0.0921. The Hall–Kier alpha value is -1.95. The van der Waals surface area contributed by atoms with Crippen molar-refractivity contribution in [2.24, 2.45) is 10.8 Å². The molecule has 3 N–H and O–H groups in total. The largest absolute Gasteiger partial charge is 0.375 e. The first-order valence-corrected chi connectivity index (χ1v) is 7.77. The Labute approximate surface area is 137 Å². The van der Waals surface area contributed by atoms with E-state index >= 15 is 0 Å². The van der Waals surface area contributed by atoms with Crippen molar-refractivity contribution in [2.75, 3.05) is 6.54 Å². The van der Waals surface area contributed by atoms with Gasteiger partial charge in [-0.1, -0.05) is 30.3 Å². The van der Waals surface area contributed by atoms with Gasteiger partial charge in [-0.15, -0.1) is 0 Å². The number of amides is 1. The normalized spacial score (nSPS) is 11.4. The molecule has 0 fully saturated rings. The Bertz CT molecular complexity index is 528. The summed E-state index contributed by atoms with van der Waals surface area (Å²) < 4.78 is 0. The van der Waals surface area contributed by atoms with Gasteiger partial charge in [0.25, 0.3) is 0 Å². The average molecular weight is 320 g/mol. The molecular formula is C16H24N4OS. The van der Waals surface area contributed by atoms with Gasteiger partial charge in [-0.25, -0.2) is 0 Å². The van der Waals surface area contributed by atoms with E-state index < -0.39 is 0 Å². The fraction of sp³-hybridized carbons (Fsp3) is 0.438. The van der Waals surface area contributed by atoms with Crippen LogP contribution in [0.4, 0.5) is 0 Å². The Morgan fingerprint density at radius 3 is 2.50 bits per heavy atom. The van der Waals surface area contributed by atoms with Gasteiger partial charge in [0.15, 0.2) is 5.11 Å². The third-order valence-corrected chi connectivity index (χ3v) is 3.34. The fourth-order valence-corrected chi connectivity index (χ4v) is 2.26. The number of carbonyl (C=O) groups is 1. The lowest BCUT2D eigenvalue weighted by Crippen LogP contribution is -2.36. The van der Waals surface area contributed by atoms with Crippen molar-refractivity contribution in [2.45, 2.75) is 39.7 Å². The monoisotopic (exact) mass is 320 g/mol. The van der Waals surface area contributed by atoms with Crippen molar-refractivity contribution >= 4 is 28.9 Å². The first-order valence-electron chi connectivity index (χ1n) is 7.36. The summed E-state index contributed by atoms with van der Waals surface area (Å²) in [6.07, 6.45) is 1.56. The van der Waals surface area contributed by atoms with Gasteiger partial charge in [-0.2, -0.15) is 5.10 Å². The first-order chi connectivity index (χ1) is 10.4. The molecule has 0 heterocycles. The van der Waals surface area contributed by atoms with Gasteiger partial charge in [0.1, 0.15) is 0 Å². The average Bonchev–Trinajstić information content (AvgIpc) is 2.46. The number of hydrazone groups is 1. The van der Waals surface area contributed by atoms with Crippen LogP contribution >= 0.6 is 12.2 Å². The number of thiocarbonyl (C=S) groups is 1. The van der Waals surface area contributed by atoms with Gasteiger partial charge < -0.3 is 10.6 Å². The molecule has 0 unspecified atom stereocenters. The molecule has 0 radical (unpaired) electrons. The lowest BCUT2D eigenvalue weighted by molar-refractivity contribution is -0.130. The molecule has 1 aromatic carbocycles. The van der Waals surface area contributed by atoms with Crippen LogP contribution in [-0.2, 0) is 4.79 Å². The second-order valence-corrected chi connectivity index (χ2v) is 5.75. The molecule has 0 aliphatic heterocycles. The number of benzene rings is 1. The molecule has 0 spiro atoms. The van der Waals surface area contributed by atoms with Gasteiger partial charge in [-0.05, 0) is 44.5 Å². The quantitative estimate of drug-likeness (QED) is 0.459. The Morgan fingerprint density at radius 1 is 1.36 bits per heavy atom. The number of hydrogen-bond donors (Lipinski definition) is 2. The van der Waals surface area contributed by atoms with E-state index in [4.69, 9.17) is 18.0 Å². The van der Waals surface area contributed by atoms with E-state index in [1.54, 1.807) is 6.92 Å². The van der Waals surface area contributed by atoms with Crippen molar-refractivity contribution in [3.8, 4) is 0 Å². The van der Waals surface area contributed by atoms with Crippen LogP contribution in [0.1, 0.15) is 39.2 Å². The van der Waals surface area contributed by atoms with Crippen molar-refractivity contribution in [1.29, 1.82) is 0 Å². The molecule has 1 amide bonds. The summed E-state index contributed by atoms with van der Waals surface area (Å²) in [7, 11) is 0. The molecule has 0 aromatic heterocycles. The van der Waals surface area contributed by atoms with Crippen LogP contribution in [0, 0.1) is 0 Å². The fourth-order valence-electron chi connectivity index (χ4n) is 2.21. The molecular weight excluding hydrogens is 296 g/mol. The van der Waals surface area contributed by atoms with Gasteiger partial charge in [-0.3, -0.25) is 10.2 Å². The lowest BCUT2D eigenvalue weighted by Gasteiger charge is -2.25. The zero-order chi connectivity index (χ0) is 16.5. The molecule has 0 bridgehead atoms. The van der Waals surface area contributed by atoms with E-state index in [2.05, 4.69) is 10.5 Å². The molecule has 0 aliphatic carbocycles. The minimum atomic E-state index is 0.0921. The van der Waals surface area contributed by atoms with Crippen molar-refractivity contribution < 1.29 is 4.79 Å². The van der Waals surface area contributed by atoms with Gasteiger partial charge in [0.05, 0.1) is 5.71 Å². The smallest absolute Gasteiger partial charge is 0.219 e. The van der Waals surface area contributed by atoms with Crippen LogP contribution in [0.25, 0.3) is 0 Å². The highest BCUT2D eigenvalue weighted by Crippen LogP contribution is 2.09. The zero-order valence-electron chi connectivity index (χ0n) is 13.4. The Morgan fingerprint density at radius 2 is 2.00 bits per heavy atom. The highest BCUT2D eigenvalue weighted by atomic mass is 32.1. The summed E-state index contributed by atoms with van der Waals surface area (Å²) in [6, 6.07) is 10.1. The number of nitrogens with two attached hydrogens (primary N) is 1. The standard InChI is InChI=1S/C16H24N4OS/c1-12(2)20(13(3)21)11-7-10-15(18-19-16(17)22)14-8-5-4-6-9-14/h4-6,8-9,12H,7,10-11H2,1-3H3,(H3,17,19,22). The zero-order valence-corrected chi connectivity index (χ0v) is 14.2. The summed E-state index contributed by atoms with van der Waals surface area (Å²) in [4.78, 5) is 13.4. The predicted octanol–water partition coefficient (Wildman–Crippen LogP) is 2.26. The maximum atomic E-state index is 11.6. The minimum Gasteiger partial charge on any atom is -0.375 e. The summed E-state index contributed by atoms with van der Waals surface area (Å²) in [6.45, 7) is 6.33. The summed E-state index contributed by atoms with van der Waals surface area (Å²) in [5.41, 5.74) is 9.97. The van der Waals surface area contributed by atoms with Crippen LogP contribution in [0.3, 0.4) is 0 Å². The highest BCUT2D eigenvalue weighted by molar-refractivity contribution is 7.80. The number of nitrogens with zero attached hydrogens (tertiary/aromatic N) is 2. The minimum absolute atomic E-state index is 0.0921. The van der Waals surface area contributed by atoms with Crippen LogP contribution in [0.2, 0.25) is 0 Å². The van der Waals surface area contributed by atoms with E-state index in [0.29, 0.717) is 6.54 Å². The van der Waals surface area contributed by atoms with Crippen LogP contribution in [0.15, 0.2) is 35.4 Å². The molecule has 0 saturated heterocycles. The maximum Gasteiger partial charge on any atom is 0.219 e. The van der Waals surface area contributed by atoms with E-state index in [1.807, 2.05) is 49.1 Å². The molecule has 0 atom stereocenters. The van der Waals surface area contributed by atoms with Crippen molar-refractivity contribution in [3.63, 3.8) is 0 Å². The van der Waals surface area contributed by atoms with E-state index in [0.717, 1.165) is 24.1 Å². The molecule has 6 heteroatoms. The number of hydrogen-bond acceptors (Lipinski definition) is 3. The number of nitrogens with one attached hydrogen (secondary N) is 1. The third-order valence-electron chi connectivity index (χ3n) is 3.25. The molecule has 5 nitrogen and oxygen atoms in total. The van der Waals surface area contributed by atoms with Crippen molar-refractivity contribution in [1.82, 2.24) is 10.3 Å². The number of carbonyl (C=O) groups excluding carboxylic acids is 1. The summed E-state index contributed by atoms with van der Waals surface area (Å²) in [5, 5.41) is 4.42. The Balaban J connectivity index is 2.72. The highest BCUT2D eigenvalue weighted by Gasteiger charge is 2.13. The molecule has 1 aromatic rings. The van der Waals surface area contributed by atoms with E-state index in [1.165, 1.54) is 0 Å². The first kappa shape index (κ1) is 18.1. The molecule has 120 valence electrons. The van der Waals surface area contributed by atoms with Crippen LogP contribution < -0.4 is 11.2 Å². The van der Waals surface area contributed by atoms with E-state index in [-0.39, 0.29) is 17.1 Å². The Kier molecular flexibility index (Phi) is 7.52. The van der Waals surface area contributed by atoms with Crippen LogP contribution in [-0.4, -0.2) is 34.2 Å². The molecule has 1 rings (SSSR count). The predicted molar refractivity (Wildman–Crippen MR) is 94.7 cm³/mol. The molecule has 0 aliphatic rings. The van der Waals surface area contributed by atoms with E-state index in [9.17, 15) is 4.79 Å². The molecule has 0 saturated carbocycles. The maximum absolute atomic E-state index is 11.6. The lowest BCUT2D eigenvalue weighted by atomic mass is 10.1. The summed E-state index contributed by atoms with van der Waals surface area (Å²) >= 11 is 4.79. The second kappa shape index (κ2) is 9.15. The van der Waals surface area contributed by atoms with Crippen LogP contribution in [0.5, 0.6) is 0 Å². The van der Waals surface area contributed by atoms with Crippen molar-refractivity contribution in [3.05, 3.63) is 35.9 Å². The third kappa shape index (κ3) is 6.22. The second-order valence-electron chi connectivity index (χ2n) is 5.31. The molecule has 22 heavy (non-hydrogen) atoms. The van der Waals surface area contributed by atoms with Gasteiger partial charge in [0, 0.05) is 19.5 Å². The van der Waals surface area contributed by atoms with Gasteiger partial charge >= 0.3 is 0 Å². The van der Waals surface area contributed by atoms with Gasteiger partial charge in [0.2, 0.25) is 5.91 Å². The topological polar surface area (TPSA) is 70.7 Å². The number of rotatable bonds is 7.